The summed E-state index contributed by atoms with van der Waals surface area (Å²) in [5.74, 6) is -0.962. The minimum absolute atomic E-state index is 0.207. The summed E-state index contributed by atoms with van der Waals surface area (Å²) < 4.78 is 63.7. The van der Waals surface area contributed by atoms with Crippen molar-refractivity contribution >= 4 is 45.1 Å². The molecule has 0 fully saturated rings. The highest BCUT2D eigenvalue weighted by Gasteiger charge is 2.34. The topological polar surface area (TPSA) is 122 Å². The van der Waals surface area contributed by atoms with Gasteiger partial charge in [0.1, 0.15) is 6.54 Å². The Morgan fingerprint density at radius 2 is 1.97 bits per heavy atom. The fourth-order valence-electron chi connectivity index (χ4n) is 2.35. The van der Waals surface area contributed by atoms with E-state index in [9.17, 15) is 36.5 Å². The molecule has 2 aromatic carbocycles. The van der Waals surface area contributed by atoms with Gasteiger partial charge >= 0.3 is 6.18 Å². The van der Waals surface area contributed by atoms with E-state index in [1.54, 1.807) is 0 Å². The first-order valence-electron chi connectivity index (χ1n) is 8.20. The number of carbonyl (C=O) groups is 1. The molecule has 0 spiro atoms. The van der Waals surface area contributed by atoms with Gasteiger partial charge < -0.3 is 0 Å². The molecule has 0 heterocycles. The third kappa shape index (κ3) is 6.65. The number of sulfonamides is 1. The molecule has 0 aliphatic rings. The summed E-state index contributed by atoms with van der Waals surface area (Å²) in [6.45, 7) is -0.871. The van der Waals surface area contributed by atoms with Crippen molar-refractivity contribution in [2.45, 2.75) is 6.18 Å². The summed E-state index contributed by atoms with van der Waals surface area (Å²) >= 11 is 5.53. The zero-order chi connectivity index (χ0) is 23.4. The van der Waals surface area contributed by atoms with Crippen LogP contribution in [-0.2, 0) is 21.0 Å². The number of carbonyl (C=O) groups excluding carboxylic acids is 1. The Balaban J connectivity index is 2.20. The molecule has 166 valence electrons. The lowest BCUT2D eigenvalue weighted by atomic mass is 10.2. The maximum Gasteiger partial charge on any atom is 0.417 e. The smallest absolute Gasteiger partial charge is 0.271 e. The number of benzene rings is 2. The van der Waals surface area contributed by atoms with Gasteiger partial charge in [-0.05, 0) is 18.2 Å². The summed E-state index contributed by atoms with van der Waals surface area (Å²) in [5, 5.41) is 13.7. The van der Waals surface area contributed by atoms with Crippen molar-refractivity contribution < 1.29 is 31.3 Å². The lowest BCUT2D eigenvalue weighted by Crippen LogP contribution is -2.39. The fraction of sp³-hybridized carbons (Fsp3) is 0.176. The molecule has 31 heavy (non-hydrogen) atoms. The van der Waals surface area contributed by atoms with Gasteiger partial charge in [0.15, 0.2) is 0 Å². The molecule has 0 saturated carbocycles. The van der Waals surface area contributed by atoms with Crippen LogP contribution in [0.3, 0.4) is 0 Å². The molecule has 0 atom stereocenters. The van der Waals surface area contributed by atoms with Gasteiger partial charge in [-0.1, -0.05) is 23.7 Å². The number of hydrazone groups is 1. The molecule has 0 aliphatic heterocycles. The molecule has 0 saturated heterocycles. The molecule has 0 bridgehead atoms. The minimum atomic E-state index is -4.83. The van der Waals surface area contributed by atoms with Gasteiger partial charge in [-0.3, -0.25) is 19.2 Å². The Kier molecular flexibility index (Phi) is 7.23. The summed E-state index contributed by atoms with van der Waals surface area (Å²) in [6.07, 6.45) is -3.03. The van der Waals surface area contributed by atoms with Crippen molar-refractivity contribution in [1.29, 1.82) is 0 Å². The Labute approximate surface area is 179 Å². The third-order valence-electron chi connectivity index (χ3n) is 3.71. The number of hydrogen-bond acceptors (Lipinski definition) is 6. The van der Waals surface area contributed by atoms with Crippen LogP contribution < -0.4 is 9.73 Å². The molecule has 1 amide bonds. The van der Waals surface area contributed by atoms with Crippen molar-refractivity contribution in [3.8, 4) is 0 Å². The molecule has 1 N–H and O–H groups in total. The summed E-state index contributed by atoms with van der Waals surface area (Å²) in [5.41, 5.74) is 0.408. The second kappa shape index (κ2) is 9.31. The molecular weight excluding hydrogens is 465 g/mol. The average molecular weight is 479 g/mol. The van der Waals surface area contributed by atoms with E-state index in [1.807, 2.05) is 5.43 Å². The van der Waals surface area contributed by atoms with Crippen molar-refractivity contribution in [2.24, 2.45) is 5.10 Å². The second-order valence-electron chi connectivity index (χ2n) is 6.08. The molecule has 2 aromatic rings. The number of nitrogens with one attached hydrogen (secondary N) is 1. The number of hydrogen-bond donors (Lipinski definition) is 1. The number of amides is 1. The number of halogens is 4. The molecule has 9 nitrogen and oxygen atoms in total. The van der Waals surface area contributed by atoms with Crippen LogP contribution in [0.1, 0.15) is 11.1 Å². The monoisotopic (exact) mass is 478 g/mol. The van der Waals surface area contributed by atoms with E-state index in [4.69, 9.17) is 11.6 Å². The number of non-ortho nitro benzene ring substituents is 1. The van der Waals surface area contributed by atoms with Crippen molar-refractivity contribution in [2.75, 3.05) is 17.1 Å². The van der Waals surface area contributed by atoms with Crippen LogP contribution in [0.25, 0.3) is 0 Å². The molecule has 0 unspecified atom stereocenters. The molecule has 14 heteroatoms. The minimum Gasteiger partial charge on any atom is -0.271 e. The summed E-state index contributed by atoms with van der Waals surface area (Å²) in [6, 6.07) is 7.72. The zero-order valence-corrected chi connectivity index (χ0v) is 17.2. The Morgan fingerprint density at radius 3 is 2.55 bits per heavy atom. The van der Waals surface area contributed by atoms with Crippen LogP contribution in [0.4, 0.5) is 24.5 Å². The number of alkyl halides is 3. The molecule has 2 rings (SSSR count). The van der Waals surface area contributed by atoms with Gasteiger partial charge in [0.2, 0.25) is 10.0 Å². The van der Waals surface area contributed by atoms with Crippen LogP contribution in [0.15, 0.2) is 47.6 Å². The average Bonchev–Trinajstić information content (AvgIpc) is 2.65. The predicted octanol–water partition coefficient (Wildman–Crippen LogP) is 3.18. The van der Waals surface area contributed by atoms with Crippen LogP contribution in [0, 0.1) is 10.1 Å². The first-order chi connectivity index (χ1) is 14.3. The van der Waals surface area contributed by atoms with Gasteiger partial charge in [0.05, 0.1) is 33.7 Å². The van der Waals surface area contributed by atoms with E-state index in [1.165, 1.54) is 24.3 Å². The normalized spacial score (nSPS) is 12.0. The predicted molar refractivity (Wildman–Crippen MR) is 107 cm³/mol. The standard InChI is InChI=1S/C17H14ClF3N4O5S/c1-31(29,30)24(12-5-6-15(18)14(8-12)17(19,20)21)10-16(26)23-22-9-11-3-2-4-13(7-11)25(27)28/h2-9H,10H2,1H3,(H,23,26)/b22-9-. The molecule has 0 radical (unpaired) electrons. The maximum absolute atomic E-state index is 13.1. The highest BCUT2D eigenvalue weighted by molar-refractivity contribution is 7.92. The first kappa shape index (κ1) is 24.1. The van der Waals surface area contributed by atoms with Gasteiger partial charge in [0.25, 0.3) is 11.6 Å². The second-order valence-corrected chi connectivity index (χ2v) is 8.39. The van der Waals surface area contributed by atoms with E-state index in [2.05, 4.69) is 5.10 Å². The Hall–Kier alpha value is -3.19. The lowest BCUT2D eigenvalue weighted by molar-refractivity contribution is -0.384. The highest BCUT2D eigenvalue weighted by Crippen LogP contribution is 2.37. The van der Waals surface area contributed by atoms with Gasteiger partial charge in [-0.25, -0.2) is 13.8 Å². The van der Waals surface area contributed by atoms with Crippen LogP contribution in [0.5, 0.6) is 0 Å². The lowest BCUT2D eigenvalue weighted by Gasteiger charge is -2.22. The number of nitrogens with zero attached hydrogens (tertiary/aromatic N) is 3. The van der Waals surface area contributed by atoms with E-state index < -0.39 is 49.8 Å². The van der Waals surface area contributed by atoms with E-state index >= 15 is 0 Å². The molecule has 0 aromatic heterocycles. The molecule has 0 aliphatic carbocycles. The van der Waals surface area contributed by atoms with Crippen LogP contribution in [-0.4, -0.2) is 38.3 Å². The highest BCUT2D eigenvalue weighted by atomic mass is 35.5. The maximum atomic E-state index is 13.1. The third-order valence-corrected chi connectivity index (χ3v) is 5.18. The SMILES string of the molecule is CS(=O)(=O)N(CC(=O)N/N=C\c1cccc([N+](=O)[O-])c1)c1ccc(Cl)c(C(F)(F)F)c1. The fourth-order valence-corrected chi connectivity index (χ4v) is 3.42. The molecular formula is C17H14ClF3N4O5S. The van der Waals surface area contributed by atoms with Gasteiger partial charge in [0, 0.05) is 17.7 Å². The van der Waals surface area contributed by atoms with E-state index in [0.29, 0.717) is 16.6 Å². The number of rotatable bonds is 7. The zero-order valence-electron chi connectivity index (χ0n) is 15.6. The number of nitro groups is 1. The van der Waals surface area contributed by atoms with E-state index in [-0.39, 0.29) is 11.3 Å². The van der Waals surface area contributed by atoms with Crippen LogP contribution in [0.2, 0.25) is 5.02 Å². The Bertz CT molecular complexity index is 1140. The Morgan fingerprint density at radius 1 is 1.29 bits per heavy atom. The van der Waals surface area contributed by atoms with Crippen molar-refractivity contribution in [1.82, 2.24) is 5.43 Å². The van der Waals surface area contributed by atoms with Crippen molar-refractivity contribution in [3.05, 3.63) is 68.7 Å². The quantitative estimate of drug-likeness (QED) is 0.372. The first-order valence-corrected chi connectivity index (χ1v) is 10.4. The van der Waals surface area contributed by atoms with E-state index in [0.717, 1.165) is 18.3 Å². The summed E-state index contributed by atoms with van der Waals surface area (Å²) in [7, 11) is -4.15. The largest absolute Gasteiger partial charge is 0.417 e. The van der Waals surface area contributed by atoms with Gasteiger partial charge in [-0.15, -0.1) is 0 Å². The number of anilines is 1. The van der Waals surface area contributed by atoms with Crippen molar-refractivity contribution in [3.63, 3.8) is 0 Å². The van der Waals surface area contributed by atoms with Gasteiger partial charge in [-0.2, -0.15) is 18.3 Å². The number of nitro benzene ring substituents is 1. The summed E-state index contributed by atoms with van der Waals surface area (Å²) in [4.78, 5) is 22.2. The van der Waals surface area contributed by atoms with Crippen LogP contribution >= 0.6 is 11.6 Å².